The number of benzene rings is 3. The monoisotopic (exact) mass is 523 g/mol. The van der Waals surface area contributed by atoms with Crippen LogP contribution in [0.5, 0.6) is 11.5 Å². The van der Waals surface area contributed by atoms with Crippen LogP contribution < -0.4 is 9.47 Å². The van der Waals surface area contributed by atoms with Crippen LogP contribution in [0, 0.1) is 0 Å². The topological polar surface area (TPSA) is 79.4 Å². The number of carbonyl (C=O) groups is 1. The van der Waals surface area contributed by atoms with Crippen molar-refractivity contribution < 1.29 is 22.7 Å². The lowest BCUT2D eigenvalue weighted by molar-refractivity contribution is -0.133. The molecule has 0 spiro atoms. The molecule has 0 saturated carbocycles. The summed E-state index contributed by atoms with van der Waals surface area (Å²) < 4.78 is 38.0. The van der Waals surface area contributed by atoms with Gasteiger partial charge in [0.1, 0.15) is 16.4 Å². The molecule has 1 amide bonds. The molecule has 196 valence electrons. The van der Waals surface area contributed by atoms with Gasteiger partial charge in [-0.05, 0) is 23.3 Å². The average molecular weight is 524 g/mol. The first-order valence-corrected chi connectivity index (χ1v) is 13.6. The number of amides is 1. The Morgan fingerprint density at radius 2 is 1.43 bits per heavy atom. The van der Waals surface area contributed by atoms with Crippen molar-refractivity contribution in [3.05, 3.63) is 90.0 Å². The Hall–Kier alpha value is -3.40. The van der Waals surface area contributed by atoms with Gasteiger partial charge in [-0.1, -0.05) is 60.7 Å². The fourth-order valence-corrected chi connectivity index (χ4v) is 5.93. The van der Waals surface area contributed by atoms with E-state index in [0.717, 1.165) is 4.31 Å². The van der Waals surface area contributed by atoms with E-state index >= 15 is 0 Å². The summed E-state index contributed by atoms with van der Waals surface area (Å²) in [7, 11) is 0.302. The normalized spacial score (nSPS) is 14.7. The van der Waals surface area contributed by atoms with Gasteiger partial charge in [0.05, 0.1) is 26.8 Å². The quantitative estimate of drug-likeness (QED) is 0.429. The van der Waals surface area contributed by atoms with Crippen molar-refractivity contribution in [1.29, 1.82) is 0 Å². The smallest absolute Gasteiger partial charge is 0.247 e. The largest absolute Gasteiger partial charge is 0.497 e. The first-order chi connectivity index (χ1) is 17.8. The van der Waals surface area contributed by atoms with Crippen LogP contribution in [0.2, 0.25) is 0 Å². The van der Waals surface area contributed by atoms with E-state index in [1.165, 1.54) is 44.5 Å². The Morgan fingerprint density at radius 3 is 1.95 bits per heavy atom. The molecule has 0 atom stereocenters. The number of likely N-dealkylation sites (N-methyl/N-ethyl adjacent to an activating group) is 1. The summed E-state index contributed by atoms with van der Waals surface area (Å²) in [5.41, 5.74) is 2.40. The van der Waals surface area contributed by atoms with Crippen LogP contribution >= 0.6 is 0 Å². The molecular weight excluding hydrogens is 490 g/mol. The molecule has 9 heteroatoms. The van der Waals surface area contributed by atoms with Crippen molar-refractivity contribution >= 4 is 15.9 Å². The Morgan fingerprint density at radius 1 is 0.865 bits per heavy atom. The van der Waals surface area contributed by atoms with E-state index < -0.39 is 10.0 Å². The molecule has 0 bridgehead atoms. The van der Waals surface area contributed by atoms with Gasteiger partial charge >= 0.3 is 0 Å². The van der Waals surface area contributed by atoms with E-state index in [4.69, 9.17) is 9.47 Å². The van der Waals surface area contributed by atoms with Crippen LogP contribution in [0.4, 0.5) is 0 Å². The molecular formula is C28H33N3O5S. The summed E-state index contributed by atoms with van der Waals surface area (Å²) >= 11 is 0. The summed E-state index contributed by atoms with van der Waals surface area (Å²) in [5.74, 6) is 0.353. The lowest BCUT2D eigenvalue weighted by atomic mass is 9.96. The average Bonchev–Trinajstić information content (AvgIpc) is 2.94. The SMILES string of the molecule is COc1ccc(OC)c(S(=O)(=O)N(C)CC(=O)N2CCN(C(c3ccccc3)c3ccccc3)CC2)c1. The number of ether oxygens (including phenoxy) is 2. The van der Waals surface area contributed by atoms with Crippen molar-refractivity contribution in [2.75, 3.05) is 54.0 Å². The second-order valence-electron chi connectivity index (χ2n) is 8.92. The van der Waals surface area contributed by atoms with Gasteiger partial charge in [-0.3, -0.25) is 9.69 Å². The number of piperazine rings is 1. The van der Waals surface area contributed by atoms with Crippen LogP contribution in [0.15, 0.2) is 83.8 Å². The number of hydrogen-bond acceptors (Lipinski definition) is 6. The molecule has 3 aromatic rings. The number of hydrogen-bond donors (Lipinski definition) is 0. The predicted molar refractivity (Wildman–Crippen MR) is 142 cm³/mol. The summed E-state index contributed by atoms with van der Waals surface area (Å²) in [5, 5.41) is 0. The van der Waals surface area contributed by atoms with Gasteiger partial charge in [-0.2, -0.15) is 4.31 Å². The summed E-state index contributed by atoms with van der Waals surface area (Å²) in [4.78, 5) is 17.2. The molecule has 0 aliphatic carbocycles. The summed E-state index contributed by atoms with van der Waals surface area (Å²) in [6.45, 7) is 2.14. The van der Waals surface area contributed by atoms with E-state index in [-0.39, 0.29) is 29.1 Å². The lowest BCUT2D eigenvalue weighted by Crippen LogP contribution is -2.52. The highest BCUT2D eigenvalue weighted by Gasteiger charge is 2.31. The number of nitrogens with zero attached hydrogens (tertiary/aromatic N) is 3. The summed E-state index contributed by atoms with van der Waals surface area (Å²) in [6.07, 6.45) is 0. The first kappa shape index (κ1) is 26.7. The minimum atomic E-state index is -3.97. The molecule has 1 aliphatic heterocycles. The molecule has 8 nitrogen and oxygen atoms in total. The number of sulfonamides is 1. The zero-order valence-corrected chi connectivity index (χ0v) is 22.2. The van der Waals surface area contributed by atoms with E-state index in [0.29, 0.717) is 31.9 Å². The second kappa shape index (κ2) is 11.8. The minimum Gasteiger partial charge on any atom is -0.497 e. The fourth-order valence-electron chi connectivity index (χ4n) is 4.64. The lowest BCUT2D eigenvalue weighted by Gasteiger charge is -2.40. The number of methoxy groups -OCH3 is 2. The highest BCUT2D eigenvalue weighted by Crippen LogP contribution is 2.31. The van der Waals surface area contributed by atoms with Gasteiger partial charge in [0.25, 0.3) is 0 Å². The molecule has 0 aromatic heterocycles. The summed E-state index contributed by atoms with van der Waals surface area (Å²) in [6, 6.07) is 25.3. The van der Waals surface area contributed by atoms with Crippen molar-refractivity contribution in [3.63, 3.8) is 0 Å². The third-order valence-electron chi connectivity index (χ3n) is 6.68. The van der Waals surface area contributed by atoms with E-state index in [2.05, 4.69) is 29.2 Å². The van der Waals surface area contributed by atoms with E-state index in [1.807, 2.05) is 36.4 Å². The van der Waals surface area contributed by atoms with Crippen LogP contribution in [-0.4, -0.2) is 82.4 Å². The molecule has 1 fully saturated rings. The molecule has 3 aromatic carbocycles. The highest BCUT2D eigenvalue weighted by atomic mass is 32.2. The van der Waals surface area contributed by atoms with E-state index in [1.54, 1.807) is 11.0 Å². The van der Waals surface area contributed by atoms with Gasteiger partial charge in [0.15, 0.2) is 0 Å². The zero-order chi connectivity index (χ0) is 26.4. The number of rotatable bonds is 9. The van der Waals surface area contributed by atoms with Gasteiger partial charge < -0.3 is 14.4 Å². The van der Waals surface area contributed by atoms with Crippen molar-refractivity contribution in [1.82, 2.24) is 14.1 Å². The van der Waals surface area contributed by atoms with Gasteiger partial charge in [-0.15, -0.1) is 0 Å². The van der Waals surface area contributed by atoms with Crippen LogP contribution in [0.25, 0.3) is 0 Å². The Bertz CT molecular complexity index is 1250. The Kier molecular flexibility index (Phi) is 8.48. The highest BCUT2D eigenvalue weighted by molar-refractivity contribution is 7.89. The molecule has 4 rings (SSSR count). The first-order valence-electron chi connectivity index (χ1n) is 12.1. The minimum absolute atomic E-state index is 0.0389. The van der Waals surface area contributed by atoms with Crippen molar-refractivity contribution in [2.45, 2.75) is 10.9 Å². The maximum absolute atomic E-state index is 13.3. The van der Waals surface area contributed by atoms with E-state index in [9.17, 15) is 13.2 Å². The number of carbonyl (C=O) groups excluding carboxylic acids is 1. The van der Waals surface area contributed by atoms with Crippen LogP contribution in [0.3, 0.4) is 0 Å². The molecule has 0 radical (unpaired) electrons. The molecule has 0 unspecified atom stereocenters. The predicted octanol–water partition coefficient (Wildman–Crippen LogP) is 3.26. The van der Waals surface area contributed by atoms with Crippen LogP contribution in [0.1, 0.15) is 17.2 Å². The molecule has 1 aliphatic rings. The third-order valence-corrected chi connectivity index (χ3v) is 8.50. The maximum Gasteiger partial charge on any atom is 0.247 e. The zero-order valence-electron chi connectivity index (χ0n) is 21.4. The standard InChI is InChI=1S/C28H33N3O5S/c1-29(37(33,34)26-20-24(35-2)14-15-25(26)36-3)21-27(32)30-16-18-31(19-17-30)28(22-10-6-4-7-11-22)23-12-8-5-9-13-23/h4-15,20,28H,16-19,21H2,1-3H3. The van der Waals surface area contributed by atoms with Gasteiger partial charge in [0.2, 0.25) is 15.9 Å². The maximum atomic E-state index is 13.3. The van der Waals surface area contributed by atoms with Gasteiger partial charge in [0, 0.05) is 39.3 Å². The third kappa shape index (κ3) is 5.95. The second-order valence-corrected chi connectivity index (χ2v) is 10.9. The van der Waals surface area contributed by atoms with Gasteiger partial charge in [-0.25, -0.2) is 8.42 Å². The molecule has 0 N–H and O–H groups in total. The molecule has 1 heterocycles. The Balaban J connectivity index is 1.44. The van der Waals surface area contributed by atoms with Crippen LogP contribution in [-0.2, 0) is 14.8 Å². The van der Waals surface area contributed by atoms with Crippen molar-refractivity contribution in [2.24, 2.45) is 0 Å². The molecule has 37 heavy (non-hydrogen) atoms. The van der Waals surface area contributed by atoms with Crippen molar-refractivity contribution in [3.8, 4) is 11.5 Å². The Labute approximate surface area is 219 Å². The fraction of sp³-hybridized carbons (Fsp3) is 0.321. The molecule has 1 saturated heterocycles.